The Hall–Kier alpha value is -3.77. The molecular formula is C22H13ClF3N7OS. The normalized spacial score (nSPS) is 12.3. The number of thiophene rings is 1. The summed E-state index contributed by atoms with van der Waals surface area (Å²) in [5.74, 6) is 0.869. The molecule has 0 aliphatic rings. The number of aromatic nitrogens is 7. The number of nitrogens with zero attached hydrogens (tertiary/aromatic N) is 7. The summed E-state index contributed by atoms with van der Waals surface area (Å²) in [5, 5.41) is 9.82. The number of ether oxygens (including phenoxy) is 1. The maximum atomic E-state index is 13.3. The number of para-hydroxylation sites is 1. The predicted molar refractivity (Wildman–Crippen MR) is 125 cm³/mol. The van der Waals surface area contributed by atoms with Crippen molar-refractivity contribution in [3.8, 4) is 17.3 Å². The highest BCUT2D eigenvalue weighted by molar-refractivity contribution is 7.26. The summed E-state index contributed by atoms with van der Waals surface area (Å²) in [6.45, 7) is 1.69. The Morgan fingerprint density at radius 1 is 1.14 bits per heavy atom. The Morgan fingerprint density at radius 3 is 2.77 bits per heavy atom. The van der Waals surface area contributed by atoms with Crippen molar-refractivity contribution in [2.75, 3.05) is 0 Å². The maximum Gasteiger partial charge on any atom is 0.433 e. The Bertz CT molecular complexity index is 1740. The van der Waals surface area contributed by atoms with E-state index in [1.165, 1.54) is 10.8 Å². The molecule has 5 aromatic heterocycles. The molecule has 0 spiro atoms. The fourth-order valence-electron chi connectivity index (χ4n) is 3.78. The smallest absolute Gasteiger partial charge is 0.433 e. The van der Waals surface area contributed by atoms with Gasteiger partial charge in [0, 0.05) is 11.6 Å². The lowest BCUT2D eigenvalue weighted by atomic mass is 10.1. The van der Waals surface area contributed by atoms with E-state index in [0.717, 1.165) is 17.4 Å². The first-order valence-electron chi connectivity index (χ1n) is 10.2. The minimum absolute atomic E-state index is 0.0709. The van der Waals surface area contributed by atoms with Crippen LogP contribution >= 0.6 is 22.9 Å². The van der Waals surface area contributed by atoms with Crippen LogP contribution < -0.4 is 4.74 Å². The topological polar surface area (TPSA) is 83.0 Å². The van der Waals surface area contributed by atoms with Crippen LogP contribution in [0.2, 0.25) is 5.02 Å². The van der Waals surface area contributed by atoms with Gasteiger partial charge >= 0.3 is 6.18 Å². The van der Waals surface area contributed by atoms with Gasteiger partial charge in [-0.1, -0.05) is 23.7 Å². The van der Waals surface area contributed by atoms with Crippen molar-refractivity contribution in [3.63, 3.8) is 0 Å². The van der Waals surface area contributed by atoms with E-state index >= 15 is 0 Å². The standard InChI is InChI=1S/C22H13ClF3N7OS/c1-11-8-15(22(24,25)26)29-21-16(11)17-18(35-21)20-30-19(31-32(20)9-27-17)13-6-7-28-33(13)10-34-14-5-3-2-4-12(14)23/h2-9H,10H2,1H3. The van der Waals surface area contributed by atoms with E-state index in [1.807, 2.05) is 6.07 Å². The fraction of sp³-hybridized carbons (Fsp3) is 0.136. The second kappa shape index (κ2) is 7.89. The minimum Gasteiger partial charge on any atom is -0.470 e. The van der Waals surface area contributed by atoms with Crippen LogP contribution in [0.1, 0.15) is 11.3 Å². The number of aryl methyl sites for hydroxylation is 1. The molecule has 35 heavy (non-hydrogen) atoms. The quantitative estimate of drug-likeness (QED) is 0.296. The summed E-state index contributed by atoms with van der Waals surface area (Å²) < 4.78 is 49.2. The van der Waals surface area contributed by atoms with E-state index in [2.05, 4.69) is 25.1 Å². The molecule has 13 heteroatoms. The van der Waals surface area contributed by atoms with Gasteiger partial charge in [0.15, 0.2) is 12.4 Å². The predicted octanol–water partition coefficient (Wildman–Crippen LogP) is 5.77. The molecule has 0 aliphatic heterocycles. The molecule has 6 rings (SSSR count). The van der Waals surface area contributed by atoms with Crippen molar-refractivity contribution in [1.82, 2.24) is 34.3 Å². The zero-order valence-corrected chi connectivity index (χ0v) is 19.4. The summed E-state index contributed by atoms with van der Waals surface area (Å²) in [7, 11) is 0. The molecular weight excluding hydrogens is 503 g/mol. The Morgan fingerprint density at radius 2 is 1.97 bits per heavy atom. The van der Waals surface area contributed by atoms with Crippen molar-refractivity contribution in [2.45, 2.75) is 19.8 Å². The molecule has 5 heterocycles. The summed E-state index contributed by atoms with van der Waals surface area (Å²) in [5.41, 5.74) is 1.09. The molecule has 0 unspecified atom stereocenters. The number of fused-ring (bicyclic) bond motifs is 5. The number of alkyl halides is 3. The van der Waals surface area contributed by atoms with Crippen LogP contribution in [0.25, 0.3) is 37.6 Å². The second-order valence-electron chi connectivity index (χ2n) is 7.65. The number of pyridine rings is 1. The molecule has 0 fully saturated rings. The first kappa shape index (κ1) is 21.7. The zero-order chi connectivity index (χ0) is 24.3. The largest absolute Gasteiger partial charge is 0.470 e. The van der Waals surface area contributed by atoms with Crippen LogP contribution in [-0.2, 0) is 12.9 Å². The molecule has 0 aliphatic carbocycles. The highest BCUT2D eigenvalue weighted by Crippen LogP contribution is 2.38. The van der Waals surface area contributed by atoms with E-state index in [-0.39, 0.29) is 11.6 Å². The molecule has 0 bridgehead atoms. The lowest BCUT2D eigenvalue weighted by Gasteiger charge is -2.09. The first-order valence-corrected chi connectivity index (χ1v) is 11.4. The number of hydrogen-bond acceptors (Lipinski definition) is 7. The third-order valence-corrected chi connectivity index (χ3v) is 6.76. The molecule has 1 aromatic carbocycles. The van der Waals surface area contributed by atoms with Crippen molar-refractivity contribution < 1.29 is 17.9 Å². The van der Waals surface area contributed by atoms with Crippen molar-refractivity contribution in [1.29, 1.82) is 0 Å². The van der Waals surface area contributed by atoms with Gasteiger partial charge in [-0.2, -0.15) is 18.3 Å². The van der Waals surface area contributed by atoms with Crippen LogP contribution in [0, 0.1) is 6.92 Å². The molecule has 0 atom stereocenters. The molecule has 176 valence electrons. The molecule has 0 N–H and O–H groups in total. The Labute approximate surface area is 203 Å². The van der Waals surface area contributed by atoms with E-state index in [4.69, 9.17) is 16.3 Å². The lowest BCUT2D eigenvalue weighted by molar-refractivity contribution is -0.141. The van der Waals surface area contributed by atoms with Crippen molar-refractivity contribution in [2.24, 2.45) is 0 Å². The van der Waals surface area contributed by atoms with Crippen LogP contribution in [0.5, 0.6) is 5.75 Å². The van der Waals surface area contributed by atoms with Crippen LogP contribution in [-0.4, -0.2) is 34.3 Å². The molecule has 6 aromatic rings. The van der Waals surface area contributed by atoms with Gasteiger partial charge in [-0.3, -0.25) is 0 Å². The van der Waals surface area contributed by atoms with E-state index in [1.54, 1.807) is 42.1 Å². The Kier molecular flexibility index (Phi) is 4.90. The number of halogens is 4. The fourth-order valence-corrected chi connectivity index (χ4v) is 5.15. The average molecular weight is 516 g/mol. The average Bonchev–Trinajstić information content (AvgIpc) is 3.53. The summed E-state index contributed by atoms with van der Waals surface area (Å²) >= 11 is 7.25. The van der Waals surface area contributed by atoms with Gasteiger partial charge in [0.2, 0.25) is 5.82 Å². The second-order valence-corrected chi connectivity index (χ2v) is 9.06. The lowest BCUT2D eigenvalue weighted by Crippen LogP contribution is -2.09. The van der Waals surface area contributed by atoms with Gasteiger partial charge in [0.1, 0.15) is 33.0 Å². The van der Waals surface area contributed by atoms with E-state index < -0.39 is 11.9 Å². The monoisotopic (exact) mass is 515 g/mol. The number of hydrogen-bond donors (Lipinski definition) is 0. The molecule has 0 saturated carbocycles. The van der Waals surface area contributed by atoms with Gasteiger partial charge in [0.05, 0.1) is 10.5 Å². The maximum absolute atomic E-state index is 13.3. The number of benzene rings is 1. The molecule has 0 saturated heterocycles. The summed E-state index contributed by atoms with van der Waals surface area (Å²) in [6, 6.07) is 9.86. The third kappa shape index (κ3) is 3.65. The highest BCUT2D eigenvalue weighted by Gasteiger charge is 2.33. The Balaban J connectivity index is 1.43. The van der Waals surface area contributed by atoms with Gasteiger partial charge in [0.25, 0.3) is 0 Å². The molecule has 0 radical (unpaired) electrons. The van der Waals surface area contributed by atoms with Gasteiger partial charge < -0.3 is 4.74 Å². The van der Waals surface area contributed by atoms with E-state index in [9.17, 15) is 13.2 Å². The third-order valence-electron chi connectivity index (χ3n) is 5.38. The van der Waals surface area contributed by atoms with Crippen LogP contribution in [0.3, 0.4) is 0 Å². The minimum atomic E-state index is -4.54. The summed E-state index contributed by atoms with van der Waals surface area (Å²) in [6.07, 6.45) is -1.46. The SMILES string of the molecule is Cc1cc(C(F)(F)F)nc2sc3c(ncn4nc(-c5ccnn5COc5ccccc5Cl)nc34)c12. The summed E-state index contributed by atoms with van der Waals surface area (Å²) in [4.78, 5) is 13.2. The van der Waals surface area contributed by atoms with Gasteiger partial charge in [-0.15, -0.1) is 16.4 Å². The number of rotatable bonds is 4. The van der Waals surface area contributed by atoms with Gasteiger partial charge in [-0.25, -0.2) is 24.1 Å². The molecule has 8 nitrogen and oxygen atoms in total. The van der Waals surface area contributed by atoms with Crippen molar-refractivity contribution in [3.05, 3.63) is 65.2 Å². The van der Waals surface area contributed by atoms with Crippen LogP contribution in [0.4, 0.5) is 13.2 Å². The van der Waals surface area contributed by atoms with Crippen LogP contribution in [0.15, 0.2) is 48.9 Å². The van der Waals surface area contributed by atoms with Crippen molar-refractivity contribution >= 4 is 49.0 Å². The first-order chi connectivity index (χ1) is 16.8. The van der Waals surface area contributed by atoms with Gasteiger partial charge in [-0.05, 0) is 36.8 Å². The molecule has 0 amide bonds. The van der Waals surface area contributed by atoms with E-state index in [0.29, 0.717) is 49.1 Å². The highest BCUT2D eigenvalue weighted by atomic mass is 35.5. The zero-order valence-electron chi connectivity index (χ0n) is 17.8.